The molecule has 0 saturated carbocycles. The molecular formula is C18H22ClN5O. The third kappa shape index (κ3) is 3.35. The van der Waals surface area contributed by atoms with Crippen LogP contribution in [0.1, 0.15) is 47.7 Å². The summed E-state index contributed by atoms with van der Waals surface area (Å²) in [4.78, 5) is 14.7. The number of amides is 1. The van der Waals surface area contributed by atoms with Crippen LogP contribution in [0.2, 0.25) is 5.02 Å². The van der Waals surface area contributed by atoms with E-state index in [2.05, 4.69) is 20.1 Å². The van der Waals surface area contributed by atoms with E-state index in [0.717, 1.165) is 62.7 Å². The summed E-state index contributed by atoms with van der Waals surface area (Å²) in [5.74, 6) is 2.03. The highest BCUT2D eigenvalue weighted by Gasteiger charge is 2.23. The molecule has 0 radical (unpaired) electrons. The Balaban J connectivity index is 1.54. The van der Waals surface area contributed by atoms with Gasteiger partial charge in [0.15, 0.2) is 5.82 Å². The zero-order chi connectivity index (χ0) is 17.2. The molecule has 25 heavy (non-hydrogen) atoms. The zero-order valence-electron chi connectivity index (χ0n) is 14.2. The lowest BCUT2D eigenvalue weighted by Crippen LogP contribution is -2.28. The van der Waals surface area contributed by atoms with E-state index < -0.39 is 0 Å². The summed E-state index contributed by atoms with van der Waals surface area (Å²) in [5, 5.41) is 12.5. The first-order chi connectivity index (χ1) is 12.2. The zero-order valence-corrected chi connectivity index (χ0v) is 14.9. The summed E-state index contributed by atoms with van der Waals surface area (Å²) in [6.07, 6.45) is 5.48. The van der Waals surface area contributed by atoms with Crippen LogP contribution in [0, 0.1) is 0 Å². The number of halogens is 1. The van der Waals surface area contributed by atoms with E-state index in [1.54, 1.807) is 6.07 Å². The number of anilines is 1. The predicted molar refractivity (Wildman–Crippen MR) is 96.9 cm³/mol. The molecule has 1 saturated heterocycles. The second kappa shape index (κ2) is 7.04. The van der Waals surface area contributed by atoms with Gasteiger partial charge in [-0.2, -0.15) is 0 Å². The van der Waals surface area contributed by atoms with E-state index in [1.807, 2.05) is 17.0 Å². The van der Waals surface area contributed by atoms with Crippen LogP contribution < -0.4 is 5.32 Å². The topological polar surface area (TPSA) is 63.1 Å². The molecule has 2 aromatic rings. The van der Waals surface area contributed by atoms with Crippen molar-refractivity contribution in [2.24, 2.45) is 0 Å². The maximum absolute atomic E-state index is 12.8. The number of benzene rings is 1. The highest BCUT2D eigenvalue weighted by Crippen LogP contribution is 2.25. The van der Waals surface area contributed by atoms with Crippen LogP contribution >= 0.6 is 11.6 Å². The monoisotopic (exact) mass is 359 g/mol. The van der Waals surface area contributed by atoms with Crippen LogP contribution in [0.15, 0.2) is 18.2 Å². The number of hydrogen-bond acceptors (Lipinski definition) is 4. The molecule has 0 unspecified atom stereocenters. The van der Waals surface area contributed by atoms with Gasteiger partial charge in [0.25, 0.3) is 5.91 Å². The summed E-state index contributed by atoms with van der Waals surface area (Å²) < 4.78 is 2.19. The van der Waals surface area contributed by atoms with Gasteiger partial charge in [-0.25, -0.2) is 0 Å². The Morgan fingerprint density at radius 2 is 1.92 bits per heavy atom. The first-order valence-electron chi connectivity index (χ1n) is 8.96. The first-order valence-corrected chi connectivity index (χ1v) is 9.34. The van der Waals surface area contributed by atoms with Gasteiger partial charge in [0.05, 0.1) is 12.1 Å². The molecule has 3 heterocycles. The van der Waals surface area contributed by atoms with E-state index >= 15 is 0 Å². The fourth-order valence-electron chi connectivity index (χ4n) is 3.61. The van der Waals surface area contributed by atoms with Crippen LogP contribution in [-0.2, 0) is 19.5 Å². The lowest BCUT2D eigenvalue weighted by Gasteiger charge is -2.19. The van der Waals surface area contributed by atoms with Gasteiger partial charge in [0, 0.05) is 36.8 Å². The Morgan fingerprint density at radius 3 is 2.76 bits per heavy atom. The van der Waals surface area contributed by atoms with Crippen molar-refractivity contribution in [2.75, 3.05) is 18.4 Å². The Hall–Kier alpha value is -2.08. The van der Waals surface area contributed by atoms with Gasteiger partial charge >= 0.3 is 0 Å². The van der Waals surface area contributed by atoms with Gasteiger partial charge in [-0.3, -0.25) is 4.79 Å². The van der Waals surface area contributed by atoms with Gasteiger partial charge in [0.1, 0.15) is 5.82 Å². The molecule has 2 aliphatic heterocycles. The molecule has 7 heteroatoms. The van der Waals surface area contributed by atoms with Crippen molar-refractivity contribution in [3.63, 3.8) is 0 Å². The Morgan fingerprint density at radius 1 is 1.12 bits per heavy atom. The number of carbonyl (C=O) groups excluding carboxylic acids is 1. The van der Waals surface area contributed by atoms with E-state index in [4.69, 9.17) is 11.6 Å². The molecule has 2 aliphatic rings. The van der Waals surface area contributed by atoms with Crippen molar-refractivity contribution in [3.05, 3.63) is 40.4 Å². The summed E-state index contributed by atoms with van der Waals surface area (Å²) >= 11 is 6.14. The van der Waals surface area contributed by atoms with Gasteiger partial charge < -0.3 is 14.8 Å². The molecule has 0 atom stereocenters. The quantitative estimate of drug-likeness (QED) is 0.911. The summed E-state index contributed by atoms with van der Waals surface area (Å²) in [7, 11) is 0. The largest absolute Gasteiger partial charge is 0.377 e. The van der Waals surface area contributed by atoms with E-state index in [-0.39, 0.29) is 5.91 Å². The number of fused-ring (bicyclic) bond motifs is 1. The number of hydrogen-bond donors (Lipinski definition) is 1. The normalized spacial score (nSPS) is 16.8. The number of aryl methyl sites for hydroxylation is 1. The minimum atomic E-state index is 0.0470. The molecule has 1 amide bonds. The number of nitrogens with one attached hydrogen (secondary N) is 1. The minimum Gasteiger partial charge on any atom is -0.377 e. The average molecular weight is 360 g/mol. The Bertz CT molecular complexity index is 782. The molecule has 6 nitrogen and oxygen atoms in total. The van der Waals surface area contributed by atoms with Crippen molar-refractivity contribution in [1.82, 2.24) is 19.7 Å². The summed E-state index contributed by atoms with van der Waals surface area (Å²) in [5.41, 5.74) is 1.43. The second-order valence-corrected chi connectivity index (χ2v) is 7.12. The standard InChI is InChI=1S/C18H22ClN5O/c19-13-6-7-15(14(11-13)18(25)23-8-3-4-9-23)20-12-17-22-21-16-5-1-2-10-24(16)17/h6-7,11,20H,1-5,8-10,12H2. The molecule has 0 aliphatic carbocycles. The first kappa shape index (κ1) is 16.4. The van der Waals surface area contributed by atoms with E-state index in [1.165, 1.54) is 6.42 Å². The molecule has 0 spiro atoms. The smallest absolute Gasteiger partial charge is 0.256 e. The number of nitrogens with zero attached hydrogens (tertiary/aromatic N) is 4. The highest BCUT2D eigenvalue weighted by molar-refractivity contribution is 6.31. The fraction of sp³-hybridized carbons (Fsp3) is 0.500. The van der Waals surface area contributed by atoms with Crippen LogP contribution in [-0.4, -0.2) is 38.7 Å². The van der Waals surface area contributed by atoms with Gasteiger partial charge in [-0.05, 0) is 43.9 Å². The van der Waals surface area contributed by atoms with Crippen LogP contribution in [0.5, 0.6) is 0 Å². The van der Waals surface area contributed by atoms with Crippen LogP contribution in [0.25, 0.3) is 0 Å². The van der Waals surface area contributed by atoms with Crippen LogP contribution in [0.3, 0.4) is 0 Å². The van der Waals surface area contributed by atoms with Crippen LogP contribution in [0.4, 0.5) is 5.69 Å². The third-order valence-electron chi connectivity index (χ3n) is 4.98. The lowest BCUT2D eigenvalue weighted by atomic mass is 10.1. The molecule has 0 bridgehead atoms. The van der Waals surface area contributed by atoms with E-state index in [9.17, 15) is 4.79 Å². The SMILES string of the molecule is O=C(c1cc(Cl)ccc1NCc1nnc2n1CCCC2)N1CCCC1. The molecular weight excluding hydrogens is 338 g/mol. The van der Waals surface area contributed by atoms with Gasteiger partial charge in [-0.1, -0.05) is 11.6 Å². The minimum absolute atomic E-state index is 0.0470. The van der Waals surface area contributed by atoms with Crippen molar-refractivity contribution < 1.29 is 4.79 Å². The number of rotatable bonds is 4. The molecule has 1 fully saturated rings. The summed E-state index contributed by atoms with van der Waals surface area (Å²) in [6.45, 7) is 3.17. The van der Waals surface area contributed by atoms with E-state index in [0.29, 0.717) is 17.1 Å². The maximum atomic E-state index is 12.8. The third-order valence-corrected chi connectivity index (χ3v) is 5.21. The number of carbonyl (C=O) groups is 1. The summed E-state index contributed by atoms with van der Waals surface area (Å²) in [6, 6.07) is 5.44. The fourth-order valence-corrected chi connectivity index (χ4v) is 3.78. The number of likely N-dealkylation sites (tertiary alicyclic amines) is 1. The van der Waals surface area contributed by atoms with Gasteiger partial charge in [0.2, 0.25) is 0 Å². The number of aromatic nitrogens is 3. The second-order valence-electron chi connectivity index (χ2n) is 6.68. The highest BCUT2D eigenvalue weighted by atomic mass is 35.5. The van der Waals surface area contributed by atoms with Crippen molar-refractivity contribution in [3.8, 4) is 0 Å². The Labute approximate surface area is 152 Å². The van der Waals surface area contributed by atoms with Crippen molar-refractivity contribution in [1.29, 1.82) is 0 Å². The average Bonchev–Trinajstić information content (AvgIpc) is 3.30. The Kier molecular flexibility index (Phi) is 4.61. The molecule has 1 N–H and O–H groups in total. The van der Waals surface area contributed by atoms with Crippen molar-refractivity contribution in [2.45, 2.75) is 45.2 Å². The molecule has 132 valence electrons. The predicted octanol–water partition coefficient (Wildman–Crippen LogP) is 3.12. The lowest BCUT2D eigenvalue weighted by molar-refractivity contribution is 0.0793. The molecule has 1 aromatic carbocycles. The van der Waals surface area contributed by atoms with Crippen molar-refractivity contribution >= 4 is 23.2 Å². The maximum Gasteiger partial charge on any atom is 0.256 e. The van der Waals surface area contributed by atoms with Gasteiger partial charge in [-0.15, -0.1) is 10.2 Å². The molecule has 4 rings (SSSR count). The molecule has 1 aromatic heterocycles.